The number of likely N-dealkylation sites (tertiary alicyclic amines) is 1. The van der Waals surface area contributed by atoms with Gasteiger partial charge in [-0.3, -0.25) is 4.79 Å². The van der Waals surface area contributed by atoms with E-state index in [4.69, 9.17) is 20.9 Å². The molecule has 8 heteroatoms. The van der Waals surface area contributed by atoms with Gasteiger partial charge >= 0.3 is 0 Å². The molecule has 0 N–H and O–H groups in total. The summed E-state index contributed by atoms with van der Waals surface area (Å²) in [6, 6.07) is 3.78. The number of amides is 1. The highest BCUT2D eigenvalue weighted by atomic mass is 35.5. The Morgan fingerprint density at radius 2 is 2.39 bits per heavy atom. The van der Waals surface area contributed by atoms with Gasteiger partial charge in [-0.15, -0.1) is 0 Å². The number of halogens is 2. The minimum Gasteiger partial charge on any atom is -0.482 e. The molecule has 1 aromatic carbocycles. The lowest BCUT2D eigenvalue weighted by molar-refractivity contribution is -0.132. The van der Waals surface area contributed by atoms with Crippen LogP contribution in [0.15, 0.2) is 22.7 Å². The van der Waals surface area contributed by atoms with Crippen LogP contribution in [0.3, 0.4) is 0 Å². The Labute approximate surface area is 137 Å². The Kier molecular flexibility index (Phi) is 4.47. The van der Waals surface area contributed by atoms with Gasteiger partial charge in [-0.25, -0.2) is 4.39 Å². The second-order valence-electron chi connectivity index (χ2n) is 5.37. The van der Waals surface area contributed by atoms with E-state index in [1.165, 1.54) is 12.1 Å². The smallest absolute Gasteiger partial charge is 0.260 e. The number of hydrogen-bond donors (Lipinski definition) is 0. The minimum absolute atomic E-state index is 0.0505. The van der Waals surface area contributed by atoms with Crippen molar-refractivity contribution < 1.29 is 18.4 Å². The zero-order valence-electron chi connectivity index (χ0n) is 12.5. The van der Waals surface area contributed by atoms with Gasteiger partial charge in [0.2, 0.25) is 5.89 Å². The molecule has 2 aromatic rings. The Balaban J connectivity index is 1.55. The third-order valence-corrected chi connectivity index (χ3v) is 3.97. The van der Waals surface area contributed by atoms with E-state index in [1.807, 2.05) is 0 Å². The van der Waals surface area contributed by atoms with Gasteiger partial charge in [-0.2, -0.15) is 4.98 Å². The van der Waals surface area contributed by atoms with E-state index >= 15 is 0 Å². The van der Waals surface area contributed by atoms with Crippen molar-refractivity contribution in [2.45, 2.75) is 19.3 Å². The summed E-state index contributed by atoms with van der Waals surface area (Å²) in [6.07, 6.45) is 0.769. The van der Waals surface area contributed by atoms with Gasteiger partial charge in [-0.05, 0) is 31.5 Å². The fourth-order valence-electron chi connectivity index (χ4n) is 2.49. The van der Waals surface area contributed by atoms with Crippen LogP contribution in [0.2, 0.25) is 5.02 Å². The Morgan fingerprint density at radius 3 is 3.09 bits per heavy atom. The summed E-state index contributed by atoms with van der Waals surface area (Å²) >= 11 is 5.86. The van der Waals surface area contributed by atoms with E-state index in [-0.39, 0.29) is 29.2 Å². The fourth-order valence-corrected chi connectivity index (χ4v) is 2.71. The molecule has 3 rings (SSSR count). The highest BCUT2D eigenvalue weighted by Crippen LogP contribution is 2.27. The monoisotopic (exact) mass is 339 g/mol. The van der Waals surface area contributed by atoms with Gasteiger partial charge in [-0.1, -0.05) is 16.8 Å². The largest absolute Gasteiger partial charge is 0.482 e. The van der Waals surface area contributed by atoms with Crippen LogP contribution in [0.5, 0.6) is 5.75 Å². The average molecular weight is 340 g/mol. The highest BCUT2D eigenvalue weighted by molar-refractivity contribution is 6.32. The van der Waals surface area contributed by atoms with Crippen LogP contribution in [0.25, 0.3) is 0 Å². The summed E-state index contributed by atoms with van der Waals surface area (Å²) in [6.45, 7) is 2.72. The summed E-state index contributed by atoms with van der Waals surface area (Å²) in [5.74, 6) is 0.855. The van der Waals surface area contributed by atoms with Gasteiger partial charge in [0.1, 0.15) is 11.6 Å². The van der Waals surface area contributed by atoms with Crippen LogP contribution in [0.1, 0.15) is 24.1 Å². The fraction of sp³-hybridized carbons (Fsp3) is 0.400. The quantitative estimate of drug-likeness (QED) is 0.856. The van der Waals surface area contributed by atoms with Crippen LogP contribution >= 0.6 is 11.6 Å². The maximum absolute atomic E-state index is 13.0. The molecule has 1 aromatic heterocycles. The standard InChI is InChI=1S/C15H15ClFN3O3/c1-9-18-15(23-19-9)10-4-5-20(7-10)14(21)8-22-13-3-2-11(17)6-12(13)16/h2-3,6,10H,4-5,7-8H2,1H3/t10-/m1/s1. The maximum Gasteiger partial charge on any atom is 0.260 e. The van der Waals surface area contributed by atoms with Crippen molar-refractivity contribution in [1.29, 1.82) is 0 Å². The van der Waals surface area contributed by atoms with E-state index in [0.29, 0.717) is 24.8 Å². The van der Waals surface area contributed by atoms with Gasteiger partial charge in [0.15, 0.2) is 12.4 Å². The molecule has 0 aliphatic carbocycles. The number of rotatable bonds is 4. The predicted molar refractivity (Wildman–Crippen MR) is 79.9 cm³/mol. The number of nitrogens with zero attached hydrogens (tertiary/aromatic N) is 3. The van der Waals surface area contributed by atoms with E-state index < -0.39 is 5.82 Å². The lowest BCUT2D eigenvalue weighted by Crippen LogP contribution is -2.32. The first-order chi connectivity index (χ1) is 11.0. The van der Waals surface area contributed by atoms with Crippen molar-refractivity contribution in [1.82, 2.24) is 15.0 Å². The molecule has 2 heterocycles. The maximum atomic E-state index is 13.0. The van der Waals surface area contributed by atoms with Crippen molar-refractivity contribution in [2.75, 3.05) is 19.7 Å². The molecule has 1 atom stereocenters. The number of hydrogen-bond acceptors (Lipinski definition) is 5. The summed E-state index contributed by atoms with van der Waals surface area (Å²) < 4.78 is 23.5. The van der Waals surface area contributed by atoms with E-state index in [2.05, 4.69) is 10.1 Å². The van der Waals surface area contributed by atoms with Crippen molar-refractivity contribution in [3.05, 3.63) is 40.8 Å². The molecule has 6 nitrogen and oxygen atoms in total. The number of benzene rings is 1. The zero-order chi connectivity index (χ0) is 16.4. The molecule has 0 bridgehead atoms. The molecule has 0 unspecified atom stereocenters. The third-order valence-electron chi connectivity index (χ3n) is 3.68. The normalized spacial score (nSPS) is 17.5. The lowest BCUT2D eigenvalue weighted by atomic mass is 10.1. The Bertz CT molecular complexity index is 722. The topological polar surface area (TPSA) is 68.5 Å². The second-order valence-corrected chi connectivity index (χ2v) is 5.78. The van der Waals surface area contributed by atoms with Gasteiger partial charge in [0.05, 0.1) is 10.9 Å². The second kappa shape index (κ2) is 6.54. The van der Waals surface area contributed by atoms with Crippen LogP contribution in [0.4, 0.5) is 4.39 Å². The minimum atomic E-state index is -0.453. The molecule has 1 saturated heterocycles. The Morgan fingerprint density at radius 1 is 1.57 bits per heavy atom. The molecule has 1 aliphatic heterocycles. The predicted octanol–water partition coefficient (Wildman–Crippen LogP) is 2.57. The van der Waals surface area contributed by atoms with Crippen molar-refractivity contribution >= 4 is 17.5 Å². The summed E-state index contributed by atoms with van der Waals surface area (Å²) in [4.78, 5) is 18.1. The van der Waals surface area contributed by atoms with Crippen LogP contribution in [0, 0.1) is 12.7 Å². The average Bonchev–Trinajstić information content (AvgIpc) is 3.14. The number of aromatic nitrogens is 2. The summed E-state index contributed by atoms with van der Waals surface area (Å²) in [7, 11) is 0. The summed E-state index contributed by atoms with van der Waals surface area (Å²) in [5, 5.41) is 3.90. The van der Waals surface area contributed by atoms with Gasteiger partial charge in [0, 0.05) is 13.1 Å². The first kappa shape index (κ1) is 15.7. The number of aryl methyl sites for hydroxylation is 1. The third kappa shape index (κ3) is 3.61. The molecular formula is C15H15ClFN3O3. The zero-order valence-corrected chi connectivity index (χ0v) is 13.2. The van der Waals surface area contributed by atoms with Crippen LogP contribution in [-0.4, -0.2) is 40.6 Å². The highest BCUT2D eigenvalue weighted by Gasteiger charge is 2.31. The summed E-state index contributed by atoms with van der Waals surface area (Å²) in [5.41, 5.74) is 0. The number of ether oxygens (including phenoxy) is 1. The first-order valence-electron chi connectivity index (χ1n) is 7.19. The molecule has 0 radical (unpaired) electrons. The van der Waals surface area contributed by atoms with Crippen molar-refractivity contribution in [3.63, 3.8) is 0 Å². The first-order valence-corrected chi connectivity index (χ1v) is 7.56. The van der Waals surface area contributed by atoms with E-state index in [9.17, 15) is 9.18 Å². The number of carbonyl (C=O) groups excluding carboxylic acids is 1. The van der Waals surface area contributed by atoms with Crippen molar-refractivity contribution in [3.8, 4) is 5.75 Å². The van der Waals surface area contributed by atoms with Gasteiger partial charge in [0.25, 0.3) is 5.91 Å². The molecule has 1 fully saturated rings. The molecular weight excluding hydrogens is 325 g/mol. The number of carbonyl (C=O) groups is 1. The lowest BCUT2D eigenvalue weighted by Gasteiger charge is -2.16. The van der Waals surface area contributed by atoms with Crippen LogP contribution < -0.4 is 4.74 Å². The van der Waals surface area contributed by atoms with Crippen molar-refractivity contribution in [2.24, 2.45) is 0 Å². The van der Waals surface area contributed by atoms with E-state index in [0.717, 1.165) is 12.5 Å². The molecule has 23 heavy (non-hydrogen) atoms. The SMILES string of the molecule is Cc1noc([C@@H]2CCN(C(=O)COc3ccc(F)cc3Cl)C2)n1. The molecule has 1 aliphatic rings. The molecule has 0 spiro atoms. The van der Waals surface area contributed by atoms with Gasteiger partial charge < -0.3 is 14.2 Å². The van der Waals surface area contributed by atoms with E-state index in [1.54, 1.807) is 11.8 Å². The molecule has 0 saturated carbocycles. The van der Waals surface area contributed by atoms with Crippen LogP contribution in [-0.2, 0) is 4.79 Å². The molecule has 122 valence electrons. The Hall–Kier alpha value is -2.15. The molecule has 1 amide bonds.